The molecule has 1 N–H and O–H groups in total. The molecule has 7 heteroatoms. The summed E-state index contributed by atoms with van der Waals surface area (Å²) in [5, 5.41) is 4.15. The average molecular weight is 392 g/mol. The van der Waals surface area contributed by atoms with E-state index in [0.717, 1.165) is 28.6 Å². The molecule has 2 aliphatic heterocycles. The molecule has 0 radical (unpaired) electrons. The third kappa shape index (κ3) is 2.62. The largest absolute Gasteiger partial charge is 0.454 e. The van der Waals surface area contributed by atoms with Crippen LogP contribution in [0.2, 0.25) is 0 Å². The minimum atomic E-state index is -0.0628. The monoisotopic (exact) mass is 392 g/mol. The van der Waals surface area contributed by atoms with Crippen molar-refractivity contribution in [3.05, 3.63) is 71.8 Å². The molecule has 28 heavy (non-hydrogen) atoms. The zero-order chi connectivity index (χ0) is 19.3. The van der Waals surface area contributed by atoms with Crippen LogP contribution in [-0.4, -0.2) is 21.5 Å². The second-order valence-corrected chi connectivity index (χ2v) is 7.38. The number of hydrogen-bond donors (Lipinski definition) is 1. The van der Waals surface area contributed by atoms with E-state index in [0.29, 0.717) is 5.11 Å². The first-order valence-electron chi connectivity index (χ1n) is 9.16. The van der Waals surface area contributed by atoms with E-state index in [2.05, 4.69) is 45.9 Å². The van der Waals surface area contributed by atoms with E-state index in [1.54, 1.807) is 0 Å². The van der Waals surface area contributed by atoms with E-state index >= 15 is 0 Å². The number of aromatic nitrogens is 2. The molecule has 6 nitrogen and oxygen atoms in total. The summed E-state index contributed by atoms with van der Waals surface area (Å²) in [5.74, 6) is 1.50. The molecule has 0 aliphatic carbocycles. The molecule has 1 aromatic carbocycles. The number of pyridine rings is 1. The summed E-state index contributed by atoms with van der Waals surface area (Å²) < 4.78 is 13.3. The third-order valence-electron chi connectivity index (χ3n) is 5.45. The van der Waals surface area contributed by atoms with Crippen molar-refractivity contribution in [1.29, 1.82) is 0 Å². The van der Waals surface area contributed by atoms with E-state index in [4.69, 9.17) is 21.7 Å². The molecule has 1 saturated heterocycles. The van der Waals surface area contributed by atoms with Crippen molar-refractivity contribution in [2.75, 3.05) is 11.7 Å². The molecule has 0 unspecified atom stereocenters. The number of nitrogens with zero attached hydrogens (tertiary/aromatic N) is 3. The summed E-state index contributed by atoms with van der Waals surface area (Å²) in [7, 11) is 2.08. The summed E-state index contributed by atoms with van der Waals surface area (Å²) in [6, 6.07) is 16.1. The fraction of sp³-hybridized carbons (Fsp3) is 0.238. The Morgan fingerprint density at radius 2 is 1.96 bits per heavy atom. The molecule has 5 rings (SSSR count). The summed E-state index contributed by atoms with van der Waals surface area (Å²) in [6.45, 7) is 2.35. The van der Waals surface area contributed by atoms with Crippen LogP contribution in [0.4, 0.5) is 5.69 Å². The zero-order valence-corrected chi connectivity index (χ0v) is 16.4. The van der Waals surface area contributed by atoms with Crippen molar-refractivity contribution >= 4 is 23.0 Å². The second-order valence-electron chi connectivity index (χ2n) is 6.99. The van der Waals surface area contributed by atoms with Gasteiger partial charge in [-0.05, 0) is 55.5 Å². The highest BCUT2D eigenvalue weighted by molar-refractivity contribution is 7.80. The number of nitrogens with one attached hydrogen (secondary N) is 1. The molecule has 0 bridgehead atoms. The summed E-state index contributed by atoms with van der Waals surface area (Å²) in [6.07, 6.45) is 1.82. The minimum absolute atomic E-state index is 0.0403. The van der Waals surface area contributed by atoms with E-state index in [1.807, 2.05) is 42.6 Å². The Bertz CT molecular complexity index is 1050. The maximum atomic E-state index is 5.76. The van der Waals surface area contributed by atoms with Crippen LogP contribution < -0.4 is 19.7 Å². The number of anilines is 1. The molecule has 0 saturated carbocycles. The number of rotatable bonds is 3. The Labute approximate surface area is 168 Å². The Balaban J connectivity index is 1.64. The number of hydrogen-bond acceptors (Lipinski definition) is 4. The van der Waals surface area contributed by atoms with E-state index in [1.165, 1.54) is 5.69 Å². The number of benzene rings is 1. The van der Waals surface area contributed by atoms with Crippen molar-refractivity contribution in [3.8, 4) is 11.5 Å². The second kappa shape index (κ2) is 6.53. The van der Waals surface area contributed by atoms with Crippen molar-refractivity contribution < 1.29 is 9.47 Å². The van der Waals surface area contributed by atoms with Gasteiger partial charge in [0.1, 0.15) is 6.04 Å². The quantitative estimate of drug-likeness (QED) is 0.687. The van der Waals surface area contributed by atoms with Gasteiger partial charge in [-0.25, -0.2) is 0 Å². The molecule has 2 aromatic heterocycles. The maximum Gasteiger partial charge on any atom is 0.231 e. The fourth-order valence-corrected chi connectivity index (χ4v) is 4.24. The summed E-state index contributed by atoms with van der Waals surface area (Å²) in [4.78, 5) is 6.73. The molecule has 142 valence electrons. The van der Waals surface area contributed by atoms with Crippen LogP contribution in [-0.2, 0) is 7.05 Å². The van der Waals surface area contributed by atoms with Crippen LogP contribution in [0.15, 0.2) is 54.7 Å². The highest BCUT2D eigenvalue weighted by Crippen LogP contribution is 2.44. The molecule has 1 fully saturated rings. The molecular weight excluding hydrogens is 372 g/mol. The molecule has 3 aromatic rings. The predicted octanol–water partition coefficient (Wildman–Crippen LogP) is 3.63. The lowest BCUT2D eigenvalue weighted by atomic mass is 10.0. The Hall–Kier alpha value is -3.06. The highest BCUT2D eigenvalue weighted by Gasteiger charge is 2.42. The van der Waals surface area contributed by atoms with Crippen LogP contribution in [0.25, 0.3) is 0 Å². The van der Waals surface area contributed by atoms with Gasteiger partial charge in [-0.1, -0.05) is 6.07 Å². The van der Waals surface area contributed by atoms with Crippen LogP contribution in [0.1, 0.15) is 29.2 Å². The van der Waals surface area contributed by atoms with Gasteiger partial charge in [-0.3, -0.25) is 4.98 Å². The maximum absolute atomic E-state index is 5.76. The first-order valence-corrected chi connectivity index (χ1v) is 9.57. The Morgan fingerprint density at radius 1 is 1.11 bits per heavy atom. The van der Waals surface area contributed by atoms with Gasteiger partial charge < -0.3 is 24.3 Å². The van der Waals surface area contributed by atoms with E-state index in [9.17, 15) is 0 Å². The van der Waals surface area contributed by atoms with Crippen molar-refractivity contribution in [2.45, 2.75) is 19.0 Å². The third-order valence-corrected chi connectivity index (χ3v) is 5.76. The van der Waals surface area contributed by atoms with Gasteiger partial charge in [0.15, 0.2) is 16.6 Å². The van der Waals surface area contributed by atoms with Crippen LogP contribution in [0.3, 0.4) is 0 Å². The normalized spacial score (nSPS) is 20.5. The average Bonchev–Trinajstić information content (AvgIpc) is 3.40. The SMILES string of the molecule is Cc1ccc([C@H]2[C@H](c3ccccn3)NC(=S)N2c2ccc3c(c2)OCO3)n1C. The smallest absolute Gasteiger partial charge is 0.231 e. The van der Waals surface area contributed by atoms with Gasteiger partial charge in [-0.15, -0.1) is 0 Å². The van der Waals surface area contributed by atoms with Gasteiger partial charge in [0.05, 0.1) is 11.7 Å². The molecular formula is C21H20N4O2S. The molecule has 0 amide bonds. The highest BCUT2D eigenvalue weighted by atomic mass is 32.1. The topological polar surface area (TPSA) is 51.6 Å². The van der Waals surface area contributed by atoms with Crippen molar-refractivity contribution in [2.24, 2.45) is 7.05 Å². The van der Waals surface area contributed by atoms with E-state index < -0.39 is 0 Å². The molecule has 2 atom stereocenters. The number of ether oxygens (including phenoxy) is 2. The lowest BCUT2D eigenvalue weighted by Gasteiger charge is -2.28. The molecule has 2 aliphatic rings. The van der Waals surface area contributed by atoms with Crippen LogP contribution in [0, 0.1) is 6.92 Å². The number of fused-ring (bicyclic) bond motifs is 1. The Kier molecular flexibility index (Phi) is 3.98. The first-order chi connectivity index (χ1) is 13.6. The van der Waals surface area contributed by atoms with Gasteiger partial charge in [0.2, 0.25) is 6.79 Å². The lowest BCUT2D eigenvalue weighted by Crippen LogP contribution is -2.30. The van der Waals surface area contributed by atoms with Gasteiger partial charge in [0, 0.05) is 36.4 Å². The van der Waals surface area contributed by atoms with Crippen molar-refractivity contribution in [3.63, 3.8) is 0 Å². The fourth-order valence-electron chi connectivity index (χ4n) is 3.90. The van der Waals surface area contributed by atoms with Crippen LogP contribution >= 0.6 is 12.2 Å². The zero-order valence-electron chi connectivity index (χ0n) is 15.6. The molecule has 4 heterocycles. The predicted molar refractivity (Wildman–Crippen MR) is 111 cm³/mol. The number of aryl methyl sites for hydroxylation is 1. The standard InChI is InChI=1S/C21H20N4O2S/c1-13-6-8-16(24(13)2)20-19(15-5-3-4-10-22-15)23-21(28)25(20)14-7-9-17-18(11-14)27-12-26-17/h3-11,19-20H,12H2,1-2H3,(H,23,28)/t19-,20-/m0/s1. The van der Waals surface area contributed by atoms with Gasteiger partial charge >= 0.3 is 0 Å². The van der Waals surface area contributed by atoms with Crippen LogP contribution in [0.5, 0.6) is 11.5 Å². The van der Waals surface area contributed by atoms with E-state index in [-0.39, 0.29) is 18.9 Å². The summed E-state index contributed by atoms with van der Waals surface area (Å²) >= 11 is 5.76. The van der Waals surface area contributed by atoms with Gasteiger partial charge in [0.25, 0.3) is 0 Å². The lowest BCUT2D eigenvalue weighted by molar-refractivity contribution is 0.174. The minimum Gasteiger partial charge on any atom is -0.454 e. The summed E-state index contributed by atoms with van der Waals surface area (Å²) in [5.41, 5.74) is 4.28. The Morgan fingerprint density at radius 3 is 2.71 bits per heavy atom. The number of thiocarbonyl (C=S) groups is 1. The van der Waals surface area contributed by atoms with Crippen molar-refractivity contribution in [1.82, 2.24) is 14.9 Å². The molecule has 0 spiro atoms. The van der Waals surface area contributed by atoms with Gasteiger partial charge in [-0.2, -0.15) is 0 Å². The first kappa shape index (κ1) is 17.1.